The molecule has 2 aromatic carbocycles. The number of amides is 1. The molecule has 0 aliphatic carbocycles. The van der Waals surface area contributed by atoms with Crippen LogP contribution in [0.3, 0.4) is 0 Å². The molecule has 27 heavy (non-hydrogen) atoms. The Balaban J connectivity index is 1.56. The molecule has 0 saturated carbocycles. The van der Waals surface area contributed by atoms with E-state index >= 15 is 0 Å². The average Bonchev–Trinajstić information content (AvgIpc) is 3.20. The Morgan fingerprint density at radius 3 is 2.74 bits per heavy atom. The minimum atomic E-state index is -0.552. The average molecular weight is 369 g/mol. The first-order chi connectivity index (χ1) is 13.1. The molecule has 2 atom stereocenters. The molecular formula is C22H27NO4. The molecule has 1 saturated heterocycles. The van der Waals surface area contributed by atoms with Crippen LogP contribution in [-0.4, -0.2) is 31.3 Å². The number of hydrogen-bond acceptors (Lipinski definition) is 4. The predicted octanol–water partition coefficient (Wildman–Crippen LogP) is 4.35. The van der Waals surface area contributed by atoms with Crippen molar-refractivity contribution in [2.45, 2.75) is 45.3 Å². The van der Waals surface area contributed by atoms with Crippen LogP contribution in [0.15, 0.2) is 48.5 Å². The van der Waals surface area contributed by atoms with Crippen molar-refractivity contribution in [2.24, 2.45) is 0 Å². The number of hydrogen-bond donors (Lipinski definition) is 1. The zero-order valence-corrected chi connectivity index (χ0v) is 15.9. The molecule has 1 amide bonds. The van der Waals surface area contributed by atoms with Gasteiger partial charge in [0.25, 0.3) is 5.91 Å². The van der Waals surface area contributed by atoms with Gasteiger partial charge < -0.3 is 19.5 Å². The van der Waals surface area contributed by atoms with Crippen molar-refractivity contribution in [3.05, 3.63) is 54.1 Å². The number of rotatable bonds is 8. The summed E-state index contributed by atoms with van der Waals surface area (Å²) in [5.41, 5.74) is 1.84. The normalized spacial score (nSPS) is 17.3. The summed E-state index contributed by atoms with van der Waals surface area (Å²) >= 11 is 0. The highest BCUT2D eigenvalue weighted by Gasteiger charge is 2.19. The third-order valence-corrected chi connectivity index (χ3v) is 4.52. The van der Waals surface area contributed by atoms with Crippen molar-refractivity contribution in [3.8, 4) is 11.5 Å². The molecule has 0 bridgehead atoms. The summed E-state index contributed by atoms with van der Waals surface area (Å²) in [7, 11) is 0. The summed E-state index contributed by atoms with van der Waals surface area (Å²) < 4.78 is 17.2. The van der Waals surface area contributed by atoms with E-state index in [1.807, 2.05) is 62.4 Å². The maximum absolute atomic E-state index is 12.6. The molecule has 1 aliphatic rings. The Bertz CT molecular complexity index is 738. The maximum atomic E-state index is 12.6. The largest absolute Gasteiger partial charge is 0.491 e. The molecule has 2 unspecified atom stereocenters. The minimum absolute atomic E-state index is 0.163. The van der Waals surface area contributed by atoms with Crippen molar-refractivity contribution in [1.29, 1.82) is 0 Å². The predicted molar refractivity (Wildman–Crippen MR) is 105 cm³/mol. The van der Waals surface area contributed by atoms with E-state index in [1.165, 1.54) is 0 Å². The van der Waals surface area contributed by atoms with Crippen LogP contribution < -0.4 is 14.8 Å². The second kappa shape index (κ2) is 9.42. The Morgan fingerprint density at radius 2 is 2.04 bits per heavy atom. The van der Waals surface area contributed by atoms with Crippen LogP contribution in [0.4, 0.5) is 5.69 Å². The Kier molecular flexibility index (Phi) is 6.71. The van der Waals surface area contributed by atoms with Crippen LogP contribution >= 0.6 is 0 Å². The van der Waals surface area contributed by atoms with Crippen molar-refractivity contribution in [3.63, 3.8) is 0 Å². The van der Waals surface area contributed by atoms with Crippen LogP contribution in [0.25, 0.3) is 0 Å². The molecule has 5 heteroatoms. The van der Waals surface area contributed by atoms with Gasteiger partial charge in [0.1, 0.15) is 18.1 Å². The summed E-state index contributed by atoms with van der Waals surface area (Å²) in [6.45, 7) is 5.29. The number of aryl methyl sites for hydroxylation is 1. The van der Waals surface area contributed by atoms with Gasteiger partial charge in [-0.3, -0.25) is 4.79 Å². The first kappa shape index (κ1) is 19.2. The van der Waals surface area contributed by atoms with Gasteiger partial charge in [-0.25, -0.2) is 0 Å². The highest BCUT2D eigenvalue weighted by molar-refractivity contribution is 5.94. The standard InChI is InChI=1S/C22H27NO4/c1-3-21(27-18-11-9-16(2)10-12-18)22(24)23-17-6-4-7-19(14-17)26-15-20-8-5-13-25-20/h4,6-7,9-12,14,20-21H,3,5,8,13,15H2,1-2H3,(H,23,24). The molecule has 1 fully saturated rings. The van der Waals surface area contributed by atoms with Crippen molar-refractivity contribution in [1.82, 2.24) is 0 Å². The molecule has 3 rings (SSSR count). The minimum Gasteiger partial charge on any atom is -0.491 e. The van der Waals surface area contributed by atoms with E-state index in [4.69, 9.17) is 14.2 Å². The van der Waals surface area contributed by atoms with Crippen LogP contribution in [0.1, 0.15) is 31.7 Å². The van der Waals surface area contributed by atoms with Gasteiger partial charge in [-0.15, -0.1) is 0 Å². The van der Waals surface area contributed by atoms with Crippen molar-refractivity contribution >= 4 is 11.6 Å². The fraction of sp³-hybridized carbons (Fsp3) is 0.409. The molecule has 0 spiro atoms. The van der Waals surface area contributed by atoms with Gasteiger partial charge in [0, 0.05) is 18.4 Å². The first-order valence-electron chi connectivity index (χ1n) is 9.52. The van der Waals surface area contributed by atoms with Crippen molar-refractivity contribution in [2.75, 3.05) is 18.5 Å². The maximum Gasteiger partial charge on any atom is 0.265 e. The van der Waals surface area contributed by atoms with Gasteiger partial charge in [0.2, 0.25) is 0 Å². The lowest BCUT2D eigenvalue weighted by Crippen LogP contribution is -2.32. The third kappa shape index (κ3) is 5.73. The topological polar surface area (TPSA) is 56.8 Å². The smallest absolute Gasteiger partial charge is 0.265 e. The van der Waals surface area contributed by atoms with Gasteiger partial charge in [-0.2, -0.15) is 0 Å². The molecule has 144 valence electrons. The Morgan fingerprint density at radius 1 is 1.22 bits per heavy atom. The lowest BCUT2D eigenvalue weighted by molar-refractivity contribution is -0.122. The van der Waals surface area contributed by atoms with E-state index in [9.17, 15) is 4.79 Å². The van der Waals surface area contributed by atoms with Crippen LogP contribution in [0.5, 0.6) is 11.5 Å². The summed E-state index contributed by atoms with van der Waals surface area (Å²) in [4.78, 5) is 12.6. The Labute approximate surface area is 160 Å². The van der Waals surface area contributed by atoms with E-state index in [2.05, 4.69) is 5.32 Å². The van der Waals surface area contributed by atoms with Crippen molar-refractivity contribution < 1.29 is 19.0 Å². The number of nitrogens with one attached hydrogen (secondary N) is 1. The van der Waals surface area contributed by atoms with Gasteiger partial charge >= 0.3 is 0 Å². The molecule has 1 aliphatic heterocycles. The number of carbonyl (C=O) groups excluding carboxylic acids is 1. The summed E-state index contributed by atoms with van der Waals surface area (Å²) in [5.74, 6) is 1.24. The molecule has 0 radical (unpaired) electrons. The number of ether oxygens (including phenoxy) is 3. The highest BCUT2D eigenvalue weighted by Crippen LogP contribution is 2.21. The Hall–Kier alpha value is -2.53. The fourth-order valence-corrected chi connectivity index (χ4v) is 2.95. The first-order valence-corrected chi connectivity index (χ1v) is 9.52. The molecule has 5 nitrogen and oxygen atoms in total. The number of anilines is 1. The van der Waals surface area contributed by atoms with Gasteiger partial charge in [0.05, 0.1) is 6.10 Å². The molecule has 1 heterocycles. The number of benzene rings is 2. The zero-order chi connectivity index (χ0) is 19.1. The molecule has 2 aromatic rings. The molecule has 0 aromatic heterocycles. The van der Waals surface area contributed by atoms with Gasteiger partial charge in [-0.1, -0.05) is 30.7 Å². The van der Waals surface area contributed by atoms with Gasteiger partial charge in [0.15, 0.2) is 6.10 Å². The summed E-state index contributed by atoms with van der Waals surface area (Å²) in [6, 6.07) is 15.1. The fourth-order valence-electron chi connectivity index (χ4n) is 2.95. The lowest BCUT2D eigenvalue weighted by atomic mass is 10.2. The van der Waals surface area contributed by atoms with Crippen LogP contribution in [0, 0.1) is 6.92 Å². The zero-order valence-electron chi connectivity index (χ0n) is 15.9. The third-order valence-electron chi connectivity index (χ3n) is 4.52. The second-order valence-corrected chi connectivity index (χ2v) is 6.79. The number of carbonyl (C=O) groups is 1. The van der Waals surface area contributed by atoms with Gasteiger partial charge in [-0.05, 0) is 50.5 Å². The lowest BCUT2D eigenvalue weighted by Gasteiger charge is -2.18. The molecular weight excluding hydrogens is 342 g/mol. The van der Waals surface area contributed by atoms with E-state index < -0.39 is 6.10 Å². The SMILES string of the molecule is CCC(Oc1ccc(C)cc1)C(=O)Nc1cccc(OCC2CCCO2)c1. The van der Waals surface area contributed by atoms with Crippen LogP contribution in [0.2, 0.25) is 0 Å². The van der Waals surface area contributed by atoms with Crippen LogP contribution in [-0.2, 0) is 9.53 Å². The summed E-state index contributed by atoms with van der Waals surface area (Å²) in [6.07, 6.45) is 2.31. The van der Waals surface area contributed by atoms with E-state index in [0.717, 1.165) is 30.8 Å². The monoisotopic (exact) mass is 369 g/mol. The van der Waals surface area contributed by atoms with E-state index in [0.29, 0.717) is 24.5 Å². The molecule has 1 N–H and O–H groups in total. The van der Waals surface area contributed by atoms with E-state index in [-0.39, 0.29) is 12.0 Å². The quantitative estimate of drug-likeness (QED) is 0.752. The highest BCUT2D eigenvalue weighted by atomic mass is 16.5. The van der Waals surface area contributed by atoms with E-state index in [1.54, 1.807) is 0 Å². The summed E-state index contributed by atoms with van der Waals surface area (Å²) in [5, 5.41) is 2.92. The second-order valence-electron chi connectivity index (χ2n) is 6.79.